The van der Waals surface area contributed by atoms with Crippen LogP contribution in [0.1, 0.15) is 90.9 Å². The van der Waals surface area contributed by atoms with Gasteiger partial charge in [0, 0.05) is 83.1 Å². The zero-order valence-corrected chi connectivity index (χ0v) is 46.8. The van der Waals surface area contributed by atoms with E-state index in [1.54, 1.807) is 24.8 Å². The second-order valence-electron chi connectivity index (χ2n) is 22.4. The maximum absolute atomic E-state index is 17.5. The Balaban J connectivity index is 0.749. The molecular formula is C59H53ClF4N10O8S. The van der Waals surface area contributed by atoms with Gasteiger partial charge in [-0.05, 0) is 92.9 Å². The van der Waals surface area contributed by atoms with Crippen LogP contribution >= 0.6 is 22.9 Å². The Bertz CT molecular complexity index is 4170. The summed E-state index contributed by atoms with van der Waals surface area (Å²) in [7, 11) is 0. The number of thiophene rings is 1. The molecule has 3 saturated heterocycles. The molecular weight excluding hydrogens is 1120 g/mol. The molecule has 9 heterocycles. The van der Waals surface area contributed by atoms with Crippen LogP contribution in [0.4, 0.5) is 33.2 Å². The highest BCUT2D eigenvalue weighted by atomic mass is 35.5. The van der Waals surface area contributed by atoms with Crippen LogP contribution in [0.15, 0.2) is 47.3 Å². The predicted octanol–water partition coefficient (Wildman–Crippen LogP) is 8.70. The van der Waals surface area contributed by atoms with E-state index in [-0.39, 0.29) is 135 Å². The van der Waals surface area contributed by atoms with Crippen LogP contribution in [0.25, 0.3) is 54.4 Å². The molecule has 18 nitrogen and oxygen atoms in total. The Labute approximate surface area is 480 Å². The SMILES string of the molecule is C=C(COC(=O)NC1CCc2c(C)c(F)cc3nc4c(c1c23)Cn1c-4cc2c(c1=O)COC(=O)C2(O)CC)C(=O)N1CCN(c2nc(OCC34CCCN3CC(F)C4)nc3c(F)c(-c4ccc(F)c5sc(N)c(C#N)c45)c(Cl)cc23)C(C)C1. The number of hydrogen-bond acceptors (Lipinski definition) is 16. The number of piperazine rings is 1. The third kappa shape index (κ3) is 8.40. The number of aryl methyl sites for hydroxylation is 1. The van der Waals surface area contributed by atoms with Crippen molar-refractivity contribution in [3.8, 4) is 34.6 Å². The van der Waals surface area contributed by atoms with Crippen LogP contribution in [0.3, 0.4) is 0 Å². The highest BCUT2D eigenvalue weighted by molar-refractivity contribution is 7.23. The average molecular weight is 1170 g/mol. The summed E-state index contributed by atoms with van der Waals surface area (Å²) in [4.78, 5) is 74.8. The fourth-order valence-electron chi connectivity index (χ4n) is 13.6. The van der Waals surface area contributed by atoms with Gasteiger partial charge in [0.05, 0.1) is 55.9 Å². The molecule has 0 bridgehead atoms. The first-order valence-corrected chi connectivity index (χ1v) is 28.5. The molecule has 0 spiro atoms. The van der Waals surface area contributed by atoms with Gasteiger partial charge in [-0.2, -0.15) is 15.2 Å². The minimum atomic E-state index is -2.07. The molecule has 2 amide bonds. The predicted molar refractivity (Wildman–Crippen MR) is 300 cm³/mol. The van der Waals surface area contributed by atoms with Gasteiger partial charge in [0.25, 0.3) is 11.5 Å². The van der Waals surface area contributed by atoms with E-state index in [1.165, 1.54) is 22.8 Å². The number of hydrogen-bond donors (Lipinski definition) is 3. The third-order valence-electron chi connectivity index (χ3n) is 17.8. The van der Waals surface area contributed by atoms with Crippen molar-refractivity contribution in [3.63, 3.8) is 0 Å². The molecule has 5 aliphatic heterocycles. The number of aliphatic hydroxyl groups is 1. The lowest BCUT2D eigenvalue weighted by Crippen LogP contribution is -2.54. The summed E-state index contributed by atoms with van der Waals surface area (Å²) in [6, 6.07) is 7.50. The summed E-state index contributed by atoms with van der Waals surface area (Å²) < 4.78 is 81.9. The number of alkyl halides is 1. The van der Waals surface area contributed by atoms with Gasteiger partial charge in [-0.3, -0.25) is 14.5 Å². The first-order valence-electron chi connectivity index (χ1n) is 27.3. The van der Waals surface area contributed by atoms with Gasteiger partial charge < -0.3 is 44.7 Å². The number of nitrogen functional groups attached to an aromatic ring is 1. The van der Waals surface area contributed by atoms with Crippen LogP contribution in [0, 0.1) is 35.7 Å². The number of aromatic nitrogens is 4. The molecule has 24 heteroatoms. The molecule has 5 unspecified atom stereocenters. The summed E-state index contributed by atoms with van der Waals surface area (Å²) in [5, 5.41) is 25.4. The zero-order chi connectivity index (χ0) is 58.3. The number of rotatable bonds is 10. The topological polar surface area (TPSA) is 231 Å². The normalized spacial score (nSPS) is 22.6. The summed E-state index contributed by atoms with van der Waals surface area (Å²) in [6.07, 6.45) is 0.514. The van der Waals surface area contributed by atoms with E-state index in [2.05, 4.69) is 21.8 Å². The van der Waals surface area contributed by atoms with E-state index in [4.69, 9.17) is 41.5 Å². The molecule has 7 aromatic rings. The maximum Gasteiger partial charge on any atom is 0.407 e. The van der Waals surface area contributed by atoms with Gasteiger partial charge in [-0.1, -0.05) is 31.2 Å². The minimum Gasteiger partial charge on any atom is -0.461 e. The van der Waals surface area contributed by atoms with Crippen LogP contribution < -0.4 is 26.2 Å². The first-order chi connectivity index (χ1) is 39.7. The molecule has 4 N–H and O–H groups in total. The van der Waals surface area contributed by atoms with Crippen molar-refractivity contribution in [2.45, 2.75) is 102 Å². The number of nitriles is 1. The Morgan fingerprint density at radius 2 is 1.88 bits per heavy atom. The van der Waals surface area contributed by atoms with Gasteiger partial charge in [0.2, 0.25) is 0 Å². The molecule has 6 aliphatic rings. The molecule has 3 aromatic carbocycles. The number of alkyl carbamates (subject to hydrolysis) is 1. The summed E-state index contributed by atoms with van der Waals surface area (Å²) >= 11 is 7.85. The summed E-state index contributed by atoms with van der Waals surface area (Å²) in [5.74, 6) is -3.15. The number of pyridine rings is 2. The van der Waals surface area contributed by atoms with Gasteiger partial charge in [-0.25, -0.2) is 32.1 Å². The van der Waals surface area contributed by atoms with Crippen LogP contribution in [0.5, 0.6) is 6.01 Å². The number of benzene rings is 3. The number of esters is 1. The number of amides is 2. The Hall–Kier alpha value is -7.91. The van der Waals surface area contributed by atoms with Crippen LogP contribution in [-0.4, -0.2) is 116 Å². The molecule has 83 heavy (non-hydrogen) atoms. The number of nitrogens with two attached hydrogens (primary N) is 1. The molecule has 1 aliphatic carbocycles. The largest absolute Gasteiger partial charge is 0.461 e. The van der Waals surface area contributed by atoms with Gasteiger partial charge in [-0.15, -0.1) is 11.3 Å². The van der Waals surface area contributed by atoms with Crippen molar-refractivity contribution in [2.75, 3.05) is 56.6 Å². The lowest BCUT2D eigenvalue weighted by Gasteiger charge is -2.41. The fourth-order valence-corrected chi connectivity index (χ4v) is 14.9. The number of ether oxygens (including phenoxy) is 3. The lowest BCUT2D eigenvalue weighted by molar-refractivity contribution is -0.172. The smallest absolute Gasteiger partial charge is 0.407 e. The second-order valence-corrected chi connectivity index (χ2v) is 23.9. The van der Waals surface area contributed by atoms with Crippen molar-refractivity contribution in [1.82, 2.24) is 34.6 Å². The van der Waals surface area contributed by atoms with Gasteiger partial charge >= 0.3 is 18.1 Å². The number of carbonyl (C=O) groups is 3. The standard InChI is InChI=1S/C59H53ClF4N10O8S/c1-5-59(79)36-16-42-48-34(22-74(42)54(76)35(36)24-80-55(59)77)46-40(10-8-30-28(4)39(63)17-41(67-48)45(30)46)68-57(78)81-23-26(2)53(75)71-13-14-73(27(3)20-71)52-32-15-37(60)44(31-7-9-38(62)50-43(31)33(19-65)51(66)83-50)47(64)49(32)69-56(70-52)82-25-58-11-6-12-72(58)21-29(61)18-58/h7,9,15-17,27,29,40,79H,2,5-6,8,10-14,18,20-25,66H2,1,3-4H3,(H,68,78). The van der Waals surface area contributed by atoms with Crippen LogP contribution in [-0.2, 0) is 44.2 Å². The molecule has 0 radical (unpaired) electrons. The van der Waals surface area contributed by atoms with E-state index >= 15 is 13.2 Å². The van der Waals surface area contributed by atoms with Gasteiger partial charge in [0.15, 0.2) is 11.4 Å². The van der Waals surface area contributed by atoms with E-state index in [0.29, 0.717) is 70.4 Å². The minimum absolute atomic E-state index is 0.0262. The summed E-state index contributed by atoms with van der Waals surface area (Å²) in [6.45, 7) is 9.72. The fraction of sp³-hybridized carbons (Fsp3) is 0.390. The number of fused-ring (bicyclic) bond motifs is 8. The third-order valence-corrected chi connectivity index (χ3v) is 19.1. The molecule has 0 saturated carbocycles. The van der Waals surface area contributed by atoms with Crippen LogP contribution in [0.2, 0.25) is 5.02 Å². The second kappa shape index (κ2) is 19.9. The summed E-state index contributed by atoms with van der Waals surface area (Å²) in [5.41, 5.74) is 6.27. The van der Waals surface area contributed by atoms with E-state index < -0.39 is 77.0 Å². The number of carbonyl (C=O) groups excluding carboxylic acids is 3. The monoisotopic (exact) mass is 1170 g/mol. The Morgan fingerprint density at radius 3 is 2.65 bits per heavy atom. The highest BCUT2D eigenvalue weighted by Crippen LogP contribution is 2.49. The van der Waals surface area contributed by atoms with Gasteiger partial charge in [0.1, 0.15) is 60.0 Å². The van der Waals surface area contributed by atoms with Crippen molar-refractivity contribution in [1.29, 1.82) is 5.26 Å². The highest BCUT2D eigenvalue weighted by Gasteiger charge is 2.50. The lowest BCUT2D eigenvalue weighted by atomic mass is 9.81. The quantitative estimate of drug-likeness (QED) is 0.0660. The van der Waals surface area contributed by atoms with E-state index in [0.717, 1.165) is 23.8 Å². The molecule has 3 fully saturated rings. The van der Waals surface area contributed by atoms with Crippen molar-refractivity contribution in [2.24, 2.45) is 0 Å². The molecule has 428 valence electrons. The molecule has 4 aromatic heterocycles. The first kappa shape index (κ1) is 54.3. The zero-order valence-electron chi connectivity index (χ0n) is 45.2. The average Bonchev–Trinajstić information content (AvgIpc) is 2.17. The van der Waals surface area contributed by atoms with Crippen molar-refractivity contribution < 1.29 is 51.3 Å². The molecule has 5 atom stereocenters. The molecule has 13 rings (SSSR count). The van der Waals surface area contributed by atoms with E-state index in [1.807, 2.05) is 17.9 Å². The number of nitrogens with zero attached hydrogens (tertiary/aromatic N) is 8. The number of nitrogens with one attached hydrogen (secondary N) is 1. The number of cyclic esters (lactones) is 1. The van der Waals surface area contributed by atoms with Crippen molar-refractivity contribution >= 4 is 83.6 Å². The maximum atomic E-state index is 17.5. The van der Waals surface area contributed by atoms with Crippen molar-refractivity contribution in [3.05, 3.63) is 114 Å². The number of anilines is 2. The number of halogens is 5. The van der Waals surface area contributed by atoms with E-state index in [9.17, 15) is 33.9 Å². The Morgan fingerprint density at radius 1 is 1.07 bits per heavy atom. The Kier molecular flexibility index (Phi) is 13.0.